The van der Waals surface area contributed by atoms with E-state index in [2.05, 4.69) is 6.92 Å². The van der Waals surface area contributed by atoms with Gasteiger partial charge in [-0.15, -0.1) is 0 Å². The highest BCUT2D eigenvalue weighted by Crippen LogP contribution is 2.35. The van der Waals surface area contributed by atoms with Crippen molar-refractivity contribution < 1.29 is 52.5 Å². The first kappa shape index (κ1) is 33.5. The van der Waals surface area contributed by atoms with E-state index in [9.17, 15) is 29.3 Å². The van der Waals surface area contributed by atoms with Gasteiger partial charge >= 0.3 is 29.6 Å². The Hall–Kier alpha value is -3.74. The van der Waals surface area contributed by atoms with Crippen LogP contribution in [0.15, 0.2) is 18.2 Å². The molecule has 2 rings (SSSR count). The predicted molar refractivity (Wildman–Crippen MR) is 143 cm³/mol. The standard InChI is InChI=1S/C28H39NO12/c1-6-7-8-9-10-11-12-13-20-14-15-22(21(16-20)29(34)35)40-28-26(39-19(4)32)24(38-18(3)31)23(37-17(2)30)25(41-28)27(33)36-5/h14-16,23-26,28H,6-13H2,1-5H3/t23-,24-,25-,26+,28+/m0/s1. The summed E-state index contributed by atoms with van der Waals surface area (Å²) in [7, 11) is 1.06. The Labute approximate surface area is 238 Å². The summed E-state index contributed by atoms with van der Waals surface area (Å²) in [5.41, 5.74) is 0.357. The van der Waals surface area contributed by atoms with Crippen LogP contribution in [0.4, 0.5) is 5.69 Å². The van der Waals surface area contributed by atoms with Gasteiger partial charge in [0, 0.05) is 26.8 Å². The smallest absolute Gasteiger partial charge is 0.339 e. The monoisotopic (exact) mass is 581 g/mol. The molecule has 0 aliphatic carbocycles. The van der Waals surface area contributed by atoms with Gasteiger partial charge in [-0.1, -0.05) is 51.5 Å². The normalized spacial score (nSPS) is 21.8. The van der Waals surface area contributed by atoms with E-state index in [-0.39, 0.29) is 11.4 Å². The molecule has 0 unspecified atom stereocenters. The highest BCUT2D eigenvalue weighted by atomic mass is 16.7. The van der Waals surface area contributed by atoms with Crippen LogP contribution in [0.5, 0.6) is 5.75 Å². The summed E-state index contributed by atoms with van der Waals surface area (Å²) in [6, 6.07) is 4.44. The molecule has 0 saturated carbocycles. The molecule has 1 aromatic carbocycles. The molecule has 0 spiro atoms. The molecule has 0 radical (unpaired) electrons. The number of aryl methyl sites for hydroxylation is 1. The fourth-order valence-electron chi connectivity index (χ4n) is 4.55. The molecule has 1 aliphatic rings. The number of carbonyl (C=O) groups is 4. The molecule has 0 bridgehead atoms. The van der Waals surface area contributed by atoms with Crippen LogP contribution < -0.4 is 4.74 Å². The zero-order chi connectivity index (χ0) is 30.5. The maximum Gasteiger partial charge on any atom is 0.339 e. The van der Waals surface area contributed by atoms with Crippen molar-refractivity contribution in [3.63, 3.8) is 0 Å². The van der Waals surface area contributed by atoms with Crippen molar-refractivity contribution in [1.29, 1.82) is 0 Å². The lowest BCUT2D eigenvalue weighted by molar-refractivity contribution is -0.387. The molecule has 5 atom stereocenters. The number of nitrogens with zero attached hydrogens (tertiary/aromatic N) is 1. The molecule has 1 aromatic rings. The first-order valence-corrected chi connectivity index (χ1v) is 13.7. The van der Waals surface area contributed by atoms with Crippen molar-refractivity contribution in [2.24, 2.45) is 0 Å². The lowest BCUT2D eigenvalue weighted by Gasteiger charge is -2.42. The zero-order valence-electron chi connectivity index (χ0n) is 24.1. The Kier molecular flexibility index (Phi) is 13.5. The molecule has 1 saturated heterocycles. The molecule has 1 aliphatic heterocycles. The number of methoxy groups -OCH3 is 1. The number of benzene rings is 1. The second-order valence-corrected chi connectivity index (χ2v) is 9.72. The van der Waals surface area contributed by atoms with Crippen molar-refractivity contribution in [2.75, 3.05) is 7.11 Å². The van der Waals surface area contributed by atoms with Crippen LogP contribution in [0.2, 0.25) is 0 Å². The summed E-state index contributed by atoms with van der Waals surface area (Å²) >= 11 is 0. The van der Waals surface area contributed by atoms with Gasteiger partial charge in [0.2, 0.25) is 12.4 Å². The summed E-state index contributed by atoms with van der Waals surface area (Å²) in [6.45, 7) is 5.34. The van der Waals surface area contributed by atoms with E-state index in [4.69, 9.17) is 28.4 Å². The fourth-order valence-corrected chi connectivity index (χ4v) is 4.55. The van der Waals surface area contributed by atoms with Gasteiger partial charge in [0.15, 0.2) is 24.1 Å². The summed E-state index contributed by atoms with van der Waals surface area (Å²) in [4.78, 5) is 59.7. The largest absolute Gasteiger partial charge is 0.467 e. The SMILES string of the molecule is CCCCCCCCCc1ccc(O[C@@H]2O[C@H](C(=O)OC)[C@@H](OC(C)=O)[C@H](OC(C)=O)[C@H]2OC(C)=O)c([N+](=O)[O-])c1. The van der Waals surface area contributed by atoms with Crippen LogP contribution in [-0.4, -0.2) is 66.6 Å². The van der Waals surface area contributed by atoms with Crippen molar-refractivity contribution in [3.8, 4) is 5.75 Å². The Balaban J connectivity index is 2.36. The number of nitro benzene ring substituents is 1. The topological polar surface area (TPSA) is 167 Å². The first-order chi connectivity index (χ1) is 19.5. The fraction of sp³-hybridized carbons (Fsp3) is 0.643. The van der Waals surface area contributed by atoms with Gasteiger partial charge < -0.3 is 28.4 Å². The molecule has 13 nitrogen and oxygen atoms in total. The average molecular weight is 582 g/mol. The number of ether oxygens (including phenoxy) is 6. The molecule has 0 N–H and O–H groups in total. The van der Waals surface area contributed by atoms with Gasteiger partial charge in [-0.25, -0.2) is 4.79 Å². The number of hydrogen-bond acceptors (Lipinski definition) is 12. The molecule has 1 fully saturated rings. The van der Waals surface area contributed by atoms with E-state index in [0.29, 0.717) is 6.42 Å². The van der Waals surface area contributed by atoms with Crippen molar-refractivity contribution in [2.45, 2.75) is 110 Å². The van der Waals surface area contributed by atoms with Crippen LogP contribution >= 0.6 is 0 Å². The summed E-state index contributed by atoms with van der Waals surface area (Å²) in [5.74, 6) is -3.80. The van der Waals surface area contributed by atoms with E-state index >= 15 is 0 Å². The second kappa shape index (κ2) is 16.5. The van der Waals surface area contributed by atoms with Crippen LogP contribution in [0.3, 0.4) is 0 Å². The van der Waals surface area contributed by atoms with Crippen molar-refractivity contribution in [3.05, 3.63) is 33.9 Å². The minimum atomic E-state index is -1.69. The number of nitro groups is 1. The van der Waals surface area contributed by atoms with E-state index in [1.54, 1.807) is 6.07 Å². The average Bonchev–Trinajstić information content (AvgIpc) is 2.90. The first-order valence-electron chi connectivity index (χ1n) is 13.7. The van der Waals surface area contributed by atoms with Gasteiger partial charge in [-0.05, 0) is 24.5 Å². The van der Waals surface area contributed by atoms with E-state index in [0.717, 1.165) is 59.1 Å². The maximum atomic E-state index is 12.6. The molecule has 228 valence electrons. The summed E-state index contributed by atoms with van der Waals surface area (Å²) in [6.07, 6.45) is 0.250. The zero-order valence-corrected chi connectivity index (χ0v) is 24.1. The lowest BCUT2D eigenvalue weighted by atomic mass is 9.97. The Morgan fingerprint density at radius 2 is 1.41 bits per heavy atom. The highest BCUT2D eigenvalue weighted by Gasteiger charge is 2.56. The molecule has 41 heavy (non-hydrogen) atoms. The molecular formula is C28H39NO12. The van der Waals surface area contributed by atoms with Crippen molar-refractivity contribution in [1.82, 2.24) is 0 Å². The molecular weight excluding hydrogens is 542 g/mol. The van der Waals surface area contributed by atoms with Crippen LogP contribution in [0.1, 0.15) is 78.2 Å². The van der Waals surface area contributed by atoms with E-state index < -0.39 is 59.5 Å². The number of esters is 4. The Morgan fingerprint density at radius 3 is 1.98 bits per heavy atom. The second-order valence-electron chi connectivity index (χ2n) is 9.72. The third kappa shape index (κ3) is 10.3. The Morgan fingerprint density at radius 1 is 0.854 bits per heavy atom. The number of hydrogen-bond donors (Lipinski definition) is 0. The van der Waals surface area contributed by atoms with Crippen LogP contribution in [0.25, 0.3) is 0 Å². The van der Waals surface area contributed by atoms with Gasteiger partial charge in [-0.3, -0.25) is 24.5 Å². The van der Waals surface area contributed by atoms with Crippen molar-refractivity contribution >= 4 is 29.6 Å². The van der Waals surface area contributed by atoms with Gasteiger partial charge in [0.1, 0.15) is 0 Å². The number of rotatable bonds is 15. The van der Waals surface area contributed by atoms with Gasteiger partial charge in [0.25, 0.3) is 0 Å². The van der Waals surface area contributed by atoms with E-state index in [1.807, 2.05) is 0 Å². The lowest BCUT2D eigenvalue weighted by Crippen LogP contribution is -2.64. The number of carbonyl (C=O) groups excluding carboxylic acids is 4. The summed E-state index contributed by atoms with van der Waals surface area (Å²) in [5, 5.41) is 12.0. The molecule has 1 heterocycles. The maximum absolute atomic E-state index is 12.6. The summed E-state index contributed by atoms with van der Waals surface area (Å²) < 4.78 is 32.1. The predicted octanol–water partition coefficient (Wildman–Crippen LogP) is 3.96. The minimum Gasteiger partial charge on any atom is -0.467 e. The third-order valence-corrected chi connectivity index (χ3v) is 6.37. The third-order valence-electron chi connectivity index (χ3n) is 6.37. The van der Waals surface area contributed by atoms with Gasteiger partial charge in [-0.2, -0.15) is 0 Å². The Bertz CT molecular complexity index is 1070. The molecule has 0 aromatic heterocycles. The highest BCUT2D eigenvalue weighted by molar-refractivity contribution is 5.77. The quantitative estimate of drug-likeness (QED) is 0.0963. The van der Waals surface area contributed by atoms with Crippen LogP contribution in [-0.2, 0) is 49.3 Å². The molecule has 0 amide bonds. The number of unbranched alkanes of at least 4 members (excludes halogenated alkanes) is 6. The van der Waals surface area contributed by atoms with Gasteiger partial charge in [0.05, 0.1) is 12.0 Å². The minimum absolute atomic E-state index is 0.239. The van der Waals surface area contributed by atoms with Crippen LogP contribution in [0, 0.1) is 10.1 Å². The molecule has 13 heteroatoms. The van der Waals surface area contributed by atoms with E-state index in [1.165, 1.54) is 31.4 Å².